The normalized spacial score (nSPS) is 10.6. The molecule has 0 unspecified atom stereocenters. The van der Waals surface area contributed by atoms with Crippen LogP contribution < -0.4 is 15.2 Å². The van der Waals surface area contributed by atoms with E-state index in [0.717, 1.165) is 0 Å². The maximum atomic E-state index is 12.1. The molecule has 0 saturated carbocycles. The molecule has 156 valence electrons. The van der Waals surface area contributed by atoms with Crippen LogP contribution in [0.1, 0.15) is 16.1 Å². The van der Waals surface area contributed by atoms with Crippen LogP contribution in [-0.2, 0) is 6.61 Å². The summed E-state index contributed by atoms with van der Waals surface area (Å²) in [4.78, 5) is 20.8. The highest BCUT2D eigenvalue weighted by Crippen LogP contribution is 2.40. The number of benzene rings is 1. The van der Waals surface area contributed by atoms with Gasteiger partial charge in [-0.1, -0.05) is 46.2 Å². The summed E-state index contributed by atoms with van der Waals surface area (Å²) in [5.74, 6) is -0.00610. The number of pyridine rings is 2. The molecule has 0 fully saturated rings. The molecule has 0 bridgehead atoms. The van der Waals surface area contributed by atoms with Crippen LogP contribution in [0.5, 0.6) is 10.9 Å². The quantitative estimate of drug-likeness (QED) is 0.449. The van der Waals surface area contributed by atoms with E-state index in [4.69, 9.17) is 26.8 Å². The number of halogens is 1. The van der Waals surface area contributed by atoms with E-state index in [1.807, 2.05) is 18.2 Å². The summed E-state index contributed by atoms with van der Waals surface area (Å²) in [7, 11) is 1.56. The first-order chi connectivity index (χ1) is 15.1. The molecule has 31 heavy (non-hydrogen) atoms. The molecular formula is C21H16ClN5O3S. The fourth-order valence-corrected chi connectivity index (χ4v) is 3.75. The van der Waals surface area contributed by atoms with Gasteiger partial charge >= 0.3 is 0 Å². The summed E-state index contributed by atoms with van der Waals surface area (Å²) in [6.07, 6.45) is 3.05. The maximum Gasteiger partial charge on any atom is 0.294 e. The fourth-order valence-electron chi connectivity index (χ4n) is 2.94. The zero-order chi connectivity index (χ0) is 21.8. The van der Waals surface area contributed by atoms with Crippen molar-refractivity contribution in [3.63, 3.8) is 0 Å². The number of aromatic nitrogens is 4. The van der Waals surface area contributed by atoms with Crippen LogP contribution in [0.25, 0.3) is 21.8 Å². The highest BCUT2D eigenvalue weighted by atomic mass is 35.5. The number of rotatable bonds is 7. The van der Waals surface area contributed by atoms with Gasteiger partial charge in [0.25, 0.3) is 5.19 Å². The average Bonchev–Trinajstić information content (AvgIpc) is 3.27. The number of para-hydroxylation sites is 1. The number of carbonyl (C=O) groups is 1. The third kappa shape index (κ3) is 4.47. The summed E-state index contributed by atoms with van der Waals surface area (Å²) < 4.78 is 11.2. The number of hydrogen-bond acceptors (Lipinski definition) is 8. The molecule has 3 heterocycles. The van der Waals surface area contributed by atoms with Gasteiger partial charge in [0.1, 0.15) is 18.1 Å². The molecule has 8 nitrogen and oxygen atoms in total. The van der Waals surface area contributed by atoms with Gasteiger partial charge in [-0.2, -0.15) is 0 Å². The topological polar surface area (TPSA) is 113 Å². The minimum absolute atomic E-state index is 0.208. The molecule has 0 aliphatic heterocycles. The largest absolute Gasteiger partial charge is 0.496 e. The van der Waals surface area contributed by atoms with Gasteiger partial charge in [0.2, 0.25) is 5.91 Å². The van der Waals surface area contributed by atoms with Gasteiger partial charge in [-0.3, -0.25) is 14.8 Å². The van der Waals surface area contributed by atoms with Crippen molar-refractivity contribution >= 4 is 28.8 Å². The van der Waals surface area contributed by atoms with Gasteiger partial charge in [-0.25, -0.2) is 0 Å². The molecule has 1 amide bonds. The number of primary amides is 1. The van der Waals surface area contributed by atoms with Gasteiger partial charge in [0.05, 0.1) is 23.4 Å². The second-order valence-corrected chi connectivity index (χ2v) is 7.65. The lowest BCUT2D eigenvalue weighted by molar-refractivity contribution is 0.100. The highest BCUT2D eigenvalue weighted by molar-refractivity contribution is 7.16. The first-order valence-electron chi connectivity index (χ1n) is 9.06. The van der Waals surface area contributed by atoms with Gasteiger partial charge in [0.15, 0.2) is 5.01 Å². The van der Waals surface area contributed by atoms with E-state index < -0.39 is 5.91 Å². The lowest BCUT2D eigenvalue weighted by atomic mass is 9.97. The minimum Gasteiger partial charge on any atom is -0.496 e. The Hall–Kier alpha value is -3.56. The molecule has 4 rings (SSSR count). The van der Waals surface area contributed by atoms with E-state index in [-0.39, 0.29) is 6.61 Å². The Morgan fingerprint density at radius 1 is 1.13 bits per heavy atom. The van der Waals surface area contributed by atoms with Crippen molar-refractivity contribution in [3.05, 3.63) is 71.1 Å². The first-order valence-corrected chi connectivity index (χ1v) is 10.3. The van der Waals surface area contributed by atoms with Crippen LogP contribution in [0.4, 0.5) is 0 Å². The van der Waals surface area contributed by atoms with Crippen molar-refractivity contribution in [3.8, 4) is 32.8 Å². The fraction of sp³-hybridized carbons (Fsp3) is 0.0952. The molecule has 3 aromatic heterocycles. The number of ether oxygens (including phenoxy) is 2. The Morgan fingerprint density at radius 2 is 1.97 bits per heavy atom. The maximum absolute atomic E-state index is 12.1. The Balaban J connectivity index is 1.71. The van der Waals surface area contributed by atoms with Gasteiger partial charge < -0.3 is 15.2 Å². The molecular weight excluding hydrogens is 438 g/mol. The van der Waals surface area contributed by atoms with E-state index in [0.29, 0.717) is 49.1 Å². The zero-order valence-electron chi connectivity index (χ0n) is 16.3. The molecule has 10 heteroatoms. The van der Waals surface area contributed by atoms with E-state index in [9.17, 15) is 4.79 Å². The minimum atomic E-state index is -0.584. The van der Waals surface area contributed by atoms with E-state index in [1.165, 1.54) is 17.5 Å². The molecule has 4 aromatic rings. The molecule has 1 aromatic carbocycles. The summed E-state index contributed by atoms with van der Waals surface area (Å²) in [5, 5.41) is 9.64. The number of hydrogen-bond donors (Lipinski definition) is 1. The van der Waals surface area contributed by atoms with Crippen LogP contribution in [0.3, 0.4) is 0 Å². The van der Waals surface area contributed by atoms with Crippen molar-refractivity contribution in [2.24, 2.45) is 5.73 Å². The summed E-state index contributed by atoms with van der Waals surface area (Å²) in [5.41, 5.74) is 8.29. The number of amides is 1. The molecule has 0 aliphatic rings. The Morgan fingerprint density at radius 3 is 2.71 bits per heavy atom. The number of nitrogens with zero attached hydrogens (tertiary/aromatic N) is 4. The Kier molecular flexibility index (Phi) is 6.06. The smallest absolute Gasteiger partial charge is 0.294 e. The van der Waals surface area contributed by atoms with Crippen molar-refractivity contribution in [1.82, 2.24) is 20.2 Å². The standard InChI is InChI=1S/C21H16ClN5O3S/c1-29-16-5-3-2-4-14(16)17-15(19(23)28)8-9-24-18(17)20-26-27-21(31-20)30-11-13-7-6-12(22)10-25-13/h2-10H,11H2,1H3,(H2,23,28). The molecule has 0 spiro atoms. The second kappa shape index (κ2) is 9.07. The van der Waals surface area contributed by atoms with Crippen LogP contribution in [0.15, 0.2) is 54.9 Å². The lowest BCUT2D eigenvalue weighted by Gasteiger charge is -2.13. The predicted molar refractivity (Wildman–Crippen MR) is 117 cm³/mol. The van der Waals surface area contributed by atoms with Crippen LogP contribution >= 0.6 is 22.9 Å². The van der Waals surface area contributed by atoms with E-state index in [1.54, 1.807) is 37.6 Å². The van der Waals surface area contributed by atoms with Crippen LogP contribution in [-0.4, -0.2) is 33.2 Å². The van der Waals surface area contributed by atoms with E-state index >= 15 is 0 Å². The van der Waals surface area contributed by atoms with Crippen molar-refractivity contribution in [1.29, 1.82) is 0 Å². The predicted octanol–water partition coefficient (Wildman–Crippen LogP) is 4.00. The van der Waals surface area contributed by atoms with Gasteiger partial charge in [-0.15, -0.1) is 5.10 Å². The van der Waals surface area contributed by atoms with Crippen molar-refractivity contribution in [2.75, 3.05) is 7.11 Å². The summed E-state index contributed by atoms with van der Waals surface area (Å²) in [6.45, 7) is 0.208. The molecule has 0 radical (unpaired) electrons. The Bertz CT molecular complexity index is 1230. The van der Waals surface area contributed by atoms with Gasteiger partial charge in [0, 0.05) is 23.5 Å². The van der Waals surface area contributed by atoms with Crippen molar-refractivity contribution in [2.45, 2.75) is 6.61 Å². The zero-order valence-corrected chi connectivity index (χ0v) is 17.9. The Labute approximate surface area is 186 Å². The molecule has 0 aliphatic carbocycles. The van der Waals surface area contributed by atoms with E-state index in [2.05, 4.69) is 20.2 Å². The molecule has 2 N–H and O–H groups in total. The van der Waals surface area contributed by atoms with Crippen LogP contribution in [0, 0.1) is 0 Å². The van der Waals surface area contributed by atoms with Crippen LogP contribution in [0.2, 0.25) is 5.02 Å². The number of methoxy groups -OCH3 is 1. The molecule has 0 saturated heterocycles. The summed E-state index contributed by atoms with van der Waals surface area (Å²) in [6, 6.07) is 12.4. The SMILES string of the molecule is COc1ccccc1-c1c(C(N)=O)ccnc1-c1nnc(OCc2ccc(Cl)cn2)s1. The number of nitrogens with two attached hydrogens (primary N) is 1. The highest BCUT2D eigenvalue weighted by Gasteiger charge is 2.22. The number of carbonyl (C=O) groups excluding carboxylic acids is 1. The molecule has 0 atom stereocenters. The van der Waals surface area contributed by atoms with Gasteiger partial charge in [-0.05, 0) is 24.3 Å². The third-order valence-corrected chi connectivity index (χ3v) is 5.40. The summed E-state index contributed by atoms with van der Waals surface area (Å²) >= 11 is 7.05. The first kappa shape index (κ1) is 20.7. The lowest BCUT2D eigenvalue weighted by Crippen LogP contribution is -2.13. The second-order valence-electron chi connectivity index (χ2n) is 6.28. The third-order valence-electron chi connectivity index (χ3n) is 4.33. The monoisotopic (exact) mass is 453 g/mol. The average molecular weight is 454 g/mol. The van der Waals surface area contributed by atoms with Crippen molar-refractivity contribution < 1.29 is 14.3 Å².